The van der Waals surface area contributed by atoms with Gasteiger partial charge in [0.15, 0.2) is 5.82 Å². The zero-order valence-corrected chi connectivity index (χ0v) is 17.2. The maximum Gasteiger partial charge on any atom is 0.319 e. The fourth-order valence-electron chi connectivity index (χ4n) is 3.78. The summed E-state index contributed by atoms with van der Waals surface area (Å²) in [5.41, 5.74) is 3.44. The highest BCUT2D eigenvalue weighted by Gasteiger charge is 2.30. The van der Waals surface area contributed by atoms with Crippen LogP contribution in [0.5, 0.6) is 0 Å². The third kappa shape index (κ3) is 4.06. The van der Waals surface area contributed by atoms with Crippen LogP contribution in [0.2, 0.25) is 0 Å². The predicted molar refractivity (Wildman–Crippen MR) is 113 cm³/mol. The number of nitrogens with zero attached hydrogens (tertiary/aromatic N) is 4. The molecule has 2 aliphatic heterocycles. The molecule has 0 radical (unpaired) electrons. The zero-order chi connectivity index (χ0) is 21.1. The topological polar surface area (TPSA) is 99.7 Å². The lowest BCUT2D eigenvalue weighted by molar-refractivity contribution is -0.118. The molecule has 2 N–H and O–H groups in total. The van der Waals surface area contributed by atoms with Gasteiger partial charge in [0.1, 0.15) is 5.82 Å². The number of anilines is 2. The Morgan fingerprint density at radius 3 is 2.77 bits per heavy atom. The molecule has 0 aliphatic carbocycles. The number of ether oxygens (including phenoxy) is 1. The van der Waals surface area contributed by atoms with Crippen LogP contribution in [0.4, 0.5) is 16.3 Å². The number of benzene rings is 1. The monoisotopic (exact) mass is 410 g/mol. The van der Waals surface area contributed by atoms with Crippen LogP contribution < -0.4 is 15.5 Å². The molecular formula is C21H26N6O3. The largest absolute Gasteiger partial charge is 0.377 e. The predicted octanol–water partition coefficient (Wildman–Crippen LogP) is 1.98. The van der Waals surface area contributed by atoms with Crippen molar-refractivity contribution < 1.29 is 14.3 Å². The van der Waals surface area contributed by atoms with E-state index in [1.165, 1.54) is 0 Å². The van der Waals surface area contributed by atoms with Gasteiger partial charge in [-0.2, -0.15) is 0 Å². The Balaban J connectivity index is 1.66. The average molecular weight is 410 g/mol. The fraction of sp³-hybridized carbons (Fsp3) is 0.429. The van der Waals surface area contributed by atoms with Crippen molar-refractivity contribution in [2.24, 2.45) is 0 Å². The van der Waals surface area contributed by atoms with Gasteiger partial charge in [0.05, 0.1) is 38.0 Å². The van der Waals surface area contributed by atoms with Crippen LogP contribution in [0.15, 0.2) is 24.3 Å². The van der Waals surface area contributed by atoms with Crippen molar-refractivity contribution in [3.63, 3.8) is 0 Å². The molecule has 1 fully saturated rings. The standard InChI is InChI=1S/C21H26N6O3/c1-3-22-21(29)23-16-6-4-15(5-7-16)19-24-18-11-26(13-28)10-17(18)20(25-19)27-8-9-30-12-14(27)2/h4-7,13-14H,3,8-12H2,1-2H3,(H2,22,23,29)/t14-/m0/s1. The lowest BCUT2D eigenvalue weighted by Crippen LogP contribution is -2.44. The van der Waals surface area contributed by atoms with Crippen molar-refractivity contribution in [3.05, 3.63) is 35.5 Å². The number of amides is 3. The van der Waals surface area contributed by atoms with Gasteiger partial charge in [0.2, 0.25) is 6.41 Å². The van der Waals surface area contributed by atoms with Gasteiger partial charge in [-0.1, -0.05) is 0 Å². The first-order valence-electron chi connectivity index (χ1n) is 10.2. The molecule has 1 saturated heterocycles. The third-order valence-electron chi connectivity index (χ3n) is 5.31. The third-order valence-corrected chi connectivity index (χ3v) is 5.31. The first kappa shape index (κ1) is 20.1. The summed E-state index contributed by atoms with van der Waals surface area (Å²) in [6, 6.07) is 7.40. The Bertz CT molecular complexity index is 933. The van der Waals surface area contributed by atoms with E-state index in [1.807, 2.05) is 31.2 Å². The van der Waals surface area contributed by atoms with Gasteiger partial charge in [-0.15, -0.1) is 0 Å². The normalized spacial score (nSPS) is 18.1. The quantitative estimate of drug-likeness (QED) is 0.732. The number of carbonyl (C=O) groups excluding carboxylic acids is 2. The summed E-state index contributed by atoms with van der Waals surface area (Å²) in [6.45, 7) is 7.59. The molecular weight excluding hydrogens is 384 g/mol. The van der Waals surface area contributed by atoms with E-state index in [4.69, 9.17) is 14.7 Å². The summed E-state index contributed by atoms with van der Waals surface area (Å²) < 4.78 is 5.58. The molecule has 9 nitrogen and oxygen atoms in total. The van der Waals surface area contributed by atoms with Crippen LogP contribution in [0.3, 0.4) is 0 Å². The maximum absolute atomic E-state index is 11.7. The van der Waals surface area contributed by atoms with E-state index in [2.05, 4.69) is 22.5 Å². The molecule has 1 aromatic heterocycles. The number of carbonyl (C=O) groups is 2. The number of nitrogens with one attached hydrogen (secondary N) is 2. The molecule has 4 rings (SSSR count). The second kappa shape index (κ2) is 8.66. The highest BCUT2D eigenvalue weighted by atomic mass is 16.5. The molecule has 9 heteroatoms. The van der Waals surface area contributed by atoms with Gasteiger partial charge >= 0.3 is 6.03 Å². The van der Waals surface area contributed by atoms with Crippen LogP contribution in [0, 0.1) is 0 Å². The lowest BCUT2D eigenvalue weighted by Gasteiger charge is -2.35. The number of urea groups is 1. The second-order valence-electron chi connectivity index (χ2n) is 7.49. The number of hydrogen-bond donors (Lipinski definition) is 2. The summed E-state index contributed by atoms with van der Waals surface area (Å²) >= 11 is 0. The zero-order valence-electron chi connectivity index (χ0n) is 17.2. The van der Waals surface area contributed by atoms with Gasteiger partial charge in [-0.25, -0.2) is 14.8 Å². The van der Waals surface area contributed by atoms with E-state index in [1.54, 1.807) is 4.90 Å². The minimum Gasteiger partial charge on any atom is -0.377 e. The first-order chi connectivity index (χ1) is 14.6. The SMILES string of the molecule is CCNC(=O)Nc1ccc(-c2nc3c(c(N4CCOC[C@@H]4C)n2)CN(C=O)C3)cc1. The van der Waals surface area contributed by atoms with Gasteiger partial charge in [0, 0.05) is 29.9 Å². The number of hydrogen-bond acceptors (Lipinski definition) is 6. The van der Waals surface area contributed by atoms with E-state index in [0.29, 0.717) is 44.4 Å². The van der Waals surface area contributed by atoms with E-state index >= 15 is 0 Å². The first-order valence-corrected chi connectivity index (χ1v) is 10.2. The molecule has 0 unspecified atom stereocenters. The maximum atomic E-state index is 11.7. The molecule has 158 valence electrons. The van der Waals surface area contributed by atoms with Crippen molar-refractivity contribution in [2.75, 3.05) is 36.5 Å². The van der Waals surface area contributed by atoms with E-state index in [9.17, 15) is 9.59 Å². The highest BCUT2D eigenvalue weighted by molar-refractivity contribution is 5.89. The molecule has 2 aliphatic rings. The molecule has 2 aromatic rings. The summed E-state index contributed by atoms with van der Waals surface area (Å²) in [4.78, 5) is 36.7. The molecule has 30 heavy (non-hydrogen) atoms. The Kier molecular flexibility index (Phi) is 5.80. The number of fused-ring (bicyclic) bond motifs is 1. The molecule has 3 amide bonds. The molecule has 0 spiro atoms. The minimum atomic E-state index is -0.239. The van der Waals surface area contributed by atoms with Gasteiger partial charge in [-0.3, -0.25) is 4.79 Å². The molecule has 3 heterocycles. The molecule has 0 bridgehead atoms. The van der Waals surface area contributed by atoms with Crippen molar-refractivity contribution in [3.8, 4) is 11.4 Å². The van der Waals surface area contributed by atoms with Crippen LogP contribution in [-0.4, -0.2) is 59.7 Å². The van der Waals surface area contributed by atoms with Crippen molar-refractivity contribution in [1.29, 1.82) is 0 Å². The van der Waals surface area contributed by atoms with Gasteiger partial charge in [0.25, 0.3) is 0 Å². The van der Waals surface area contributed by atoms with Crippen LogP contribution >= 0.6 is 0 Å². The highest BCUT2D eigenvalue weighted by Crippen LogP contribution is 2.33. The van der Waals surface area contributed by atoms with Crippen LogP contribution in [-0.2, 0) is 22.6 Å². The Morgan fingerprint density at radius 1 is 1.27 bits per heavy atom. The summed E-state index contributed by atoms with van der Waals surface area (Å²) in [6.07, 6.45) is 0.857. The second-order valence-corrected chi connectivity index (χ2v) is 7.49. The smallest absolute Gasteiger partial charge is 0.319 e. The number of rotatable bonds is 5. The Hall–Kier alpha value is -3.20. The summed E-state index contributed by atoms with van der Waals surface area (Å²) in [7, 11) is 0. The minimum absolute atomic E-state index is 0.194. The Labute approximate surface area is 175 Å². The fourth-order valence-corrected chi connectivity index (χ4v) is 3.78. The summed E-state index contributed by atoms with van der Waals surface area (Å²) in [5.74, 6) is 1.49. The number of aromatic nitrogens is 2. The Morgan fingerprint density at radius 2 is 2.07 bits per heavy atom. The van der Waals surface area contributed by atoms with Crippen molar-refractivity contribution in [2.45, 2.75) is 33.0 Å². The van der Waals surface area contributed by atoms with Crippen LogP contribution in [0.25, 0.3) is 11.4 Å². The lowest BCUT2D eigenvalue weighted by atomic mass is 10.1. The average Bonchev–Trinajstić information content (AvgIpc) is 3.18. The van der Waals surface area contributed by atoms with Crippen LogP contribution in [0.1, 0.15) is 25.1 Å². The number of morpholine rings is 1. The van der Waals surface area contributed by atoms with E-state index in [0.717, 1.165) is 35.6 Å². The van der Waals surface area contributed by atoms with E-state index < -0.39 is 0 Å². The summed E-state index contributed by atoms with van der Waals surface area (Å²) in [5, 5.41) is 5.49. The van der Waals surface area contributed by atoms with Crippen molar-refractivity contribution >= 4 is 23.9 Å². The molecule has 1 aromatic carbocycles. The van der Waals surface area contributed by atoms with E-state index in [-0.39, 0.29) is 12.1 Å². The van der Waals surface area contributed by atoms with Crippen molar-refractivity contribution in [1.82, 2.24) is 20.2 Å². The van der Waals surface area contributed by atoms with Gasteiger partial charge in [-0.05, 0) is 38.1 Å². The van der Waals surface area contributed by atoms with Gasteiger partial charge < -0.3 is 25.2 Å². The molecule has 1 atom stereocenters. The molecule has 0 saturated carbocycles.